The molecule has 0 spiro atoms. The quantitative estimate of drug-likeness (QED) is 0.302. The average molecular weight is 538 g/mol. The zero-order valence-electron chi connectivity index (χ0n) is 21.3. The van der Waals surface area contributed by atoms with Gasteiger partial charge in [0.2, 0.25) is 0 Å². The van der Waals surface area contributed by atoms with E-state index in [1.165, 1.54) is 23.9 Å². The van der Waals surface area contributed by atoms with E-state index >= 15 is 0 Å². The summed E-state index contributed by atoms with van der Waals surface area (Å²) in [5, 5.41) is 9.00. The minimum atomic E-state index is -3.71. The zero-order chi connectivity index (χ0) is 26.3. The van der Waals surface area contributed by atoms with Crippen LogP contribution in [0.2, 0.25) is 0 Å². The summed E-state index contributed by atoms with van der Waals surface area (Å²) in [5.74, 6) is -0.948. The average Bonchev–Trinajstić information content (AvgIpc) is 2.93. The predicted octanol–water partition coefficient (Wildman–Crippen LogP) is 6.69. The molecule has 0 aromatic heterocycles. The number of nitrogens with zero attached hydrogens (tertiary/aromatic N) is 1. The summed E-state index contributed by atoms with van der Waals surface area (Å²) in [6.07, 6.45) is 7.03. The van der Waals surface area contributed by atoms with Crippen LogP contribution in [0.15, 0.2) is 46.2 Å². The number of thioether (sulfide) groups is 1. The molecule has 2 aromatic rings. The van der Waals surface area contributed by atoms with E-state index < -0.39 is 21.2 Å². The second kappa shape index (κ2) is 12.3. The van der Waals surface area contributed by atoms with Crippen molar-refractivity contribution in [3.8, 4) is 5.75 Å². The Morgan fingerprint density at radius 3 is 2.33 bits per heavy atom. The number of ether oxygens (including phenoxy) is 1. The van der Waals surface area contributed by atoms with Gasteiger partial charge in [0.1, 0.15) is 11.6 Å². The minimum Gasteiger partial charge on any atom is -0.492 e. The van der Waals surface area contributed by atoms with Crippen molar-refractivity contribution < 1.29 is 27.4 Å². The number of benzene rings is 2. The number of rotatable bonds is 12. The number of halogens is 1. The first kappa shape index (κ1) is 28.3. The highest BCUT2D eigenvalue weighted by atomic mass is 32.2. The van der Waals surface area contributed by atoms with Gasteiger partial charge >= 0.3 is 5.97 Å². The van der Waals surface area contributed by atoms with E-state index in [1.54, 1.807) is 18.2 Å². The molecule has 0 saturated heterocycles. The zero-order valence-corrected chi connectivity index (χ0v) is 22.9. The SMILES string of the molecule is CCCCC1(CCCC)CN(c2ccc(F)cc2)c2cc(SC)c(OCCC(=O)O)cc2S(=O)(=O)C1. The fourth-order valence-corrected chi connectivity index (χ4v) is 7.51. The maximum atomic E-state index is 14.0. The van der Waals surface area contributed by atoms with Crippen molar-refractivity contribution in [2.45, 2.75) is 68.6 Å². The highest BCUT2D eigenvalue weighted by molar-refractivity contribution is 7.98. The highest BCUT2D eigenvalue weighted by Gasteiger charge is 2.42. The third-order valence-corrected chi connectivity index (χ3v) is 9.44. The van der Waals surface area contributed by atoms with Gasteiger partial charge < -0.3 is 14.7 Å². The minimum absolute atomic E-state index is 0.0257. The molecule has 0 radical (unpaired) electrons. The fraction of sp³-hybridized carbons (Fsp3) is 0.519. The van der Waals surface area contributed by atoms with Crippen molar-refractivity contribution in [2.24, 2.45) is 5.41 Å². The third kappa shape index (κ3) is 6.73. The molecule has 0 aliphatic carbocycles. The Kier molecular flexibility index (Phi) is 9.69. The number of carboxylic acids is 1. The van der Waals surface area contributed by atoms with E-state index in [2.05, 4.69) is 13.8 Å². The maximum Gasteiger partial charge on any atom is 0.306 e. The van der Waals surface area contributed by atoms with Gasteiger partial charge in [0.25, 0.3) is 0 Å². The summed E-state index contributed by atoms with van der Waals surface area (Å²) >= 11 is 1.41. The van der Waals surface area contributed by atoms with Crippen LogP contribution < -0.4 is 9.64 Å². The molecule has 0 unspecified atom stereocenters. The second-order valence-electron chi connectivity index (χ2n) is 9.49. The van der Waals surface area contributed by atoms with Gasteiger partial charge in [-0.2, -0.15) is 0 Å². The molecule has 36 heavy (non-hydrogen) atoms. The molecule has 1 aliphatic rings. The second-order valence-corrected chi connectivity index (χ2v) is 12.3. The van der Waals surface area contributed by atoms with Crippen molar-refractivity contribution in [3.05, 3.63) is 42.2 Å². The van der Waals surface area contributed by atoms with Crippen molar-refractivity contribution in [1.82, 2.24) is 0 Å². The lowest BCUT2D eigenvalue weighted by molar-refractivity contribution is -0.137. The van der Waals surface area contributed by atoms with Gasteiger partial charge in [-0.25, -0.2) is 12.8 Å². The van der Waals surface area contributed by atoms with Crippen LogP contribution >= 0.6 is 11.8 Å². The van der Waals surface area contributed by atoms with E-state index in [0.29, 0.717) is 18.0 Å². The van der Waals surface area contributed by atoms with Crippen LogP contribution in [-0.4, -0.2) is 44.7 Å². The molecule has 0 bridgehead atoms. The molecular weight excluding hydrogens is 501 g/mol. The van der Waals surface area contributed by atoms with Gasteiger partial charge in [-0.15, -0.1) is 11.8 Å². The Labute approximate surface area is 218 Å². The first-order chi connectivity index (χ1) is 17.1. The van der Waals surface area contributed by atoms with E-state index in [4.69, 9.17) is 9.84 Å². The summed E-state index contributed by atoms with van der Waals surface area (Å²) in [7, 11) is -3.71. The molecule has 1 N–H and O–H groups in total. The third-order valence-electron chi connectivity index (χ3n) is 6.69. The smallest absolute Gasteiger partial charge is 0.306 e. The molecule has 1 heterocycles. The van der Waals surface area contributed by atoms with Crippen LogP contribution in [0.25, 0.3) is 0 Å². The predicted molar refractivity (Wildman–Crippen MR) is 143 cm³/mol. The van der Waals surface area contributed by atoms with Gasteiger partial charge in [-0.05, 0) is 49.4 Å². The van der Waals surface area contributed by atoms with Crippen LogP contribution in [0, 0.1) is 11.2 Å². The Morgan fingerprint density at radius 1 is 1.14 bits per heavy atom. The summed E-state index contributed by atoms with van der Waals surface area (Å²) < 4.78 is 47.5. The van der Waals surface area contributed by atoms with Gasteiger partial charge in [0.15, 0.2) is 9.84 Å². The molecule has 0 amide bonds. The molecule has 0 saturated carbocycles. The van der Waals surface area contributed by atoms with Crippen LogP contribution in [0.4, 0.5) is 15.8 Å². The van der Waals surface area contributed by atoms with Gasteiger partial charge in [-0.1, -0.05) is 39.5 Å². The molecular formula is C27H36FNO5S2. The standard InChI is InChI=1S/C27H36FNO5S2/c1-4-6-13-27(14-7-5-2)18-29(21-10-8-20(28)9-11-21)22-16-24(35-3)23(34-15-12-26(30)31)17-25(22)36(32,33)19-27/h8-11,16-17H,4-7,12-15,18-19H2,1-3H3,(H,30,31). The maximum absolute atomic E-state index is 14.0. The van der Waals surface area contributed by atoms with Gasteiger partial charge in [0.05, 0.1) is 34.3 Å². The van der Waals surface area contributed by atoms with Crippen molar-refractivity contribution in [2.75, 3.05) is 30.1 Å². The fourth-order valence-electron chi connectivity index (χ4n) is 4.84. The number of unbranched alkanes of at least 4 members (excludes halogenated alkanes) is 2. The first-order valence-electron chi connectivity index (χ1n) is 12.5. The number of hydrogen-bond donors (Lipinski definition) is 1. The van der Waals surface area contributed by atoms with Crippen LogP contribution in [0.5, 0.6) is 5.75 Å². The summed E-state index contributed by atoms with van der Waals surface area (Å²) in [6.45, 7) is 4.67. The Balaban J connectivity index is 2.20. The van der Waals surface area contributed by atoms with Crippen LogP contribution in [0.3, 0.4) is 0 Å². The molecule has 0 fully saturated rings. The summed E-state index contributed by atoms with van der Waals surface area (Å²) in [5.41, 5.74) is 0.826. The van der Waals surface area contributed by atoms with Crippen molar-refractivity contribution >= 4 is 38.9 Å². The Hall–Kier alpha value is -2.26. The van der Waals surface area contributed by atoms with Gasteiger partial charge in [-0.3, -0.25) is 4.79 Å². The molecule has 0 atom stereocenters. The normalized spacial score (nSPS) is 16.3. The van der Waals surface area contributed by atoms with E-state index in [9.17, 15) is 17.6 Å². The number of aliphatic carboxylic acids is 1. The number of carboxylic acid groups (broad SMARTS) is 1. The molecule has 1 aliphatic heterocycles. The monoisotopic (exact) mass is 537 g/mol. The number of carbonyl (C=O) groups is 1. The van der Waals surface area contributed by atoms with E-state index in [-0.39, 0.29) is 29.5 Å². The molecule has 198 valence electrons. The van der Waals surface area contributed by atoms with E-state index in [0.717, 1.165) is 49.1 Å². The van der Waals surface area contributed by atoms with Crippen molar-refractivity contribution in [3.63, 3.8) is 0 Å². The lowest BCUT2D eigenvalue weighted by Crippen LogP contribution is -2.38. The topological polar surface area (TPSA) is 83.9 Å². The molecule has 2 aromatic carbocycles. The lowest BCUT2D eigenvalue weighted by Gasteiger charge is -2.37. The largest absolute Gasteiger partial charge is 0.492 e. The number of fused-ring (bicyclic) bond motifs is 1. The molecule has 3 rings (SSSR count). The van der Waals surface area contributed by atoms with Gasteiger partial charge in [0, 0.05) is 23.7 Å². The Bertz CT molecular complexity index is 1140. The first-order valence-corrected chi connectivity index (χ1v) is 15.3. The molecule has 6 nitrogen and oxygen atoms in total. The lowest BCUT2D eigenvalue weighted by atomic mass is 9.79. The van der Waals surface area contributed by atoms with Crippen molar-refractivity contribution in [1.29, 1.82) is 0 Å². The number of hydrogen-bond acceptors (Lipinski definition) is 6. The van der Waals surface area contributed by atoms with Crippen LogP contribution in [-0.2, 0) is 14.6 Å². The number of sulfone groups is 1. The van der Waals surface area contributed by atoms with E-state index in [1.807, 2.05) is 17.2 Å². The molecule has 9 heteroatoms. The Morgan fingerprint density at radius 2 is 1.78 bits per heavy atom. The summed E-state index contributed by atoms with van der Waals surface area (Å²) in [6, 6.07) is 9.53. The summed E-state index contributed by atoms with van der Waals surface area (Å²) in [4.78, 5) is 13.9. The number of anilines is 2. The van der Waals surface area contributed by atoms with Crippen LogP contribution in [0.1, 0.15) is 58.8 Å². The highest BCUT2D eigenvalue weighted by Crippen LogP contribution is 2.47.